The minimum Gasteiger partial charge on any atom is -0.383 e. The molecule has 6 nitrogen and oxygen atoms in total. The van der Waals surface area contributed by atoms with Crippen LogP contribution in [0.4, 0.5) is 5.69 Å². The molecule has 24 heavy (non-hydrogen) atoms. The van der Waals surface area contributed by atoms with Crippen molar-refractivity contribution in [2.45, 2.75) is 26.8 Å². The van der Waals surface area contributed by atoms with Gasteiger partial charge in [0, 0.05) is 38.9 Å². The summed E-state index contributed by atoms with van der Waals surface area (Å²) in [5.41, 5.74) is 1.89. The first-order valence-corrected chi connectivity index (χ1v) is 7.94. The summed E-state index contributed by atoms with van der Waals surface area (Å²) in [5.74, 6) is 0.784. The molecule has 0 aliphatic heterocycles. The normalized spacial score (nSPS) is 12.1. The zero-order chi connectivity index (χ0) is 17.1. The van der Waals surface area contributed by atoms with Crippen LogP contribution in [0, 0.1) is 5.92 Å². The molecule has 0 aliphatic carbocycles. The van der Waals surface area contributed by atoms with Gasteiger partial charge in [0.15, 0.2) is 5.96 Å². The van der Waals surface area contributed by atoms with Crippen LogP contribution >= 0.6 is 24.0 Å². The van der Waals surface area contributed by atoms with Crippen molar-refractivity contribution in [3.63, 3.8) is 0 Å². The van der Waals surface area contributed by atoms with E-state index in [0.29, 0.717) is 19.7 Å². The zero-order valence-electron chi connectivity index (χ0n) is 14.9. The van der Waals surface area contributed by atoms with Crippen molar-refractivity contribution < 1.29 is 9.53 Å². The maximum atomic E-state index is 11.9. The molecule has 0 radical (unpaired) electrons. The molecule has 0 heterocycles. The molecule has 136 valence electrons. The van der Waals surface area contributed by atoms with Gasteiger partial charge in [-0.3, -0.25) is 9.79 Å². The number of benzene rings is 1. The van der Waals surface area contributed by atoms with Crippen LogP contribution in [0.2, 0.25) is 0 Å². The summed E-state index contributed by atoms with van der Waals surface area (Å²) in [6.45, 7) is 5.88. The van der Waals surface area contributed by atoms with Gasteiger partial charge in [-0.1, -0.05) is 26.0 Å². The average molecular weight is 448 g/mol. The van der Waals surface area contributed by atoms with E-state index < -0.39 is 0 Å². The van der Waals surface area contributed by atoms with Crippen LogP contribution in [-0.4, -0.2) is 39.2 Å². The Labute approximate surface area is 161 Å². The molecule has 1 aromatic rings. The van der Waals surface area contributed by atoms with E-state index in [9.17, 15) is 4.79 Å². The third kappa shape index (κ3) is 8.49. The molecular weight excluding hydrogens is 419 g/mol. The summed E-state index contributed by atoms with van der Waals surface area (Å²) >= 11 is 0. The number of hydrogen-bond donors (Lipinski definition) is 3. The number of rotatable bonds is 8. The van der Waals surface area contributed by atoms with Crippen LogP contribution in [0.5, 0.6) is 0 Å². The molecule has 1 amide bonds. The summed E-state index contributed by atoms with van der Waals surface area (Å²) in [5, 5.41) is 9.33. The highest BCUT2D eigenvalue weighted by Crippen LogP contribution is 2.13. The van der Waals surface area contributed by atoms with Gasteiger partial charge < -0.3 is 20.7 Å². The Hall–Kier alpha value is -1.35. The molecule has 0 saturated carbocycles. The third-order valence-electron chi connectivity index (χ3n) is 3.54. The van der Waals surface area contributed by atoms with E-state index in [2.05, 4.69) is 20.9 Å². The van der Waals surface area contributed by atoms with E-state index in [1.165, 1.54) is 0 Å². The maximum absolute atomic E-state index is 11.9. The van der Waals surface area contributed by atoms with Crippen molar-refractivity contribution in [2.24, 2.45) is 10.9 Å². The number of carbonyl (C=O) groups excluding carboxylic acids is 1. The molecule has 1 rings (SSSR count). The van der Waals surface area contributed by atoms with Crippen LogP contribution in [0.15, 0.2) is 29.3 Å². The van der Waals surface area contributed by atoms with Gasteiger partial charge in [0.1, 0.15) is 0 Å². The molecule has 0 fully saturated rings. The van der Waals surface area contributed by atoms with E-state index in [0.717, 1.165) is 23.6 Å². The molecular formula is C17H29IN4O2. The highest BCUT2D eigenvalue weighted by Gasteiger charge is 2.10. The molecule has 1 atom stereocenters. The monoisotopic (exact) mass is 448 g/mol. The first kappa shape index (κ1) is 22.6. The molecule has 1 aromatic carbocycles. The minimum absolute atomic E-state index is 0. The predicted molar refractivity (Wildman–Crippen MR) is 110 cm³/mol. The van der Waals surface area contributed by atoms with Crippen LogP contribution < -0.4 is 16.0 Å². The summed E-state index contributed by atoms with van der Waals surface area (Å²) in [6.07, 6.45) is 0.830. The van der Waals surface area contributed by atoms with Crippen LogP contribution in [-0.2, 0) is 16.1 Å². The number of carbonyl (C=O) groups is 1. The Kier molecular flexibility index (Phi) is 12.3. The lowest BCUT2D eigenvalue weighted by molar-refractivity contribution is -0.119. The zero-order valence-corrected chi connectivity index (χ0v) is 17.2. The van der Waals surface area contributed by atoms with Gasteiger partial charge in [0.25, 0.3) is 0 Å². The maximum Gasteiger partial charge on any atom is 0.227 e. The molecule has 1 unspecified atom stereocenters. The quantitative estimate of drug-likeness (QED) is 0.248. The number of nitrogens with zero attached hydrogens (tertiary/aromatic N) is 1. The van der Waals surface area contributed by atoms with Gasteiger partial charge in [-0.2, -0.15) is 0 Å². The first-order valence-electron chi connectivity index (χ1n) is 7.94. The second-order valence-electron chi connectivity index (χ2n) is 5.34. The van der Waals surface area contributed by atoms with E-state index in [-0.39, 0.29) is 35.8 Å². The Morgan fingerprint density at radius 3 is 2.71 bits per heavy atom. The van der Waals surface area contributed by atoms with Crippen LogP contribution in [0.25, 0.3) is 0 Å². The van der Waals surface area contributed by atoms with Gasteiger partial charge in [-0.15, -0.1) is 24.0 Å². The number of amides is 1. The molecule has 0 aliphatic rings. The van der Waals surface area contributed by atoms with Gasteiger partial charge in [-0.25, -0.2) is 0 Å². The highest BCUT2D eigenvalue weighted by atomic mass is 127. The third-order valence-corrected chi connectivity index (χ3v) is 3.54. The summed E-state index contributed by atoms with van der Waals surface area (Å²) < 4.78 is 5.00. The van der Waals surface area contributed by atoms with E-state index in [4.69, 9.17) is 4.74 Å². The van der Waals surface area contributed by atoms with E-state index in [1.807, 2.05) is 38.1 Å². The number of guanidine groups is 1. The number of aliphatic imine (C=N–C) groups is 1. The lowest BCUT2D eigenvalue weighted by Crippen LogP contribution is -2.38. The van der Waals surface area contributed by atoms with Crippen molar-refractivity contribution in [3.05, 3.63) is 29.8 Å². The van der Waals surface area contributed by atoms with Crippen molar-refractivity contribution in [1.82, 2.24) is 10.6 Å². The van der Waals surface area contributed by atoms with Crippen molar-refractivity contribution in [2.75, 3.05) is 32.6 Å². The molecule has 3 N–H and O–H groups in total. The number of nitrogens with one attached hydrogen (secondary N) is 3. The topological polar surface area (TPSA) is 74.8 Å². The number of methoxy groups -OCH3 is 1. The molecule has 0 saturated heterocycles. The highest BCUT2D eigenvalue weighted by molar-refractivity contribution is 14.0. The smallest absolute Gasteiger partial charge is 0.227 e. The SMILES string of the molecule is CCC(C)C(=O)Nc1cccc(CNC(=NC)NCCOC)c1.I. The van der Waals surface area contributed by atoms with Crippen molar-refractivity contribution >= 4 is 41.5 Å². The summed E-state index contributed by atoms with van der Waals surface area (Å²) in [6, 6.07) is 7.81. The largest absolute Gasteiger partial charge is 0.383 e. The second-order valence-corrected chi connectivity index (χ2v) is 5.34. The lowest BCUT2D eigenvalue weighted by Gasteiger charge is -2.13. The minimum atomic E-state index is 0. The van der Waals surface area contributed by atoms with E-state index >= 15 is 0 Å². The summed E-state index contributed by atoms with van der Waals surface area (Å²) in [7, 11) is 3.39. The Balaban J connectivity index is 0.00000529. The molecule has 7 heteroatoms. The Bertz CT molecular complexity index is 523. The number of hydrogen-bond acceptors (Lipinski definition) is 3. The second kappa shape index (κ2) is 13.0. The fourth-order valence-electron chi connectivity index (χ4n) is 1.89. The summed E-state index contributed by atoms with van der Waals surface area (Å²) in [4.78, 5) is 16.1. The number of ether oxygens (including phenoxy) is 1. The van der Waals surface area contributed by atoms with Crippen LogP contribution in [0.3, 0.4) is 0 Å². The van der Waals surface area contributed by atoms with E-state index in [1.54, 1.807) is 14.2 Å². The van der Waals surface area contributed by atoms with Crippen LogP contribution in [0.1, 0.15) is 25.8 Å². The standard InChI is InChI=1S/C17H28N4O2.HI/c1-5-13(2)16(22)21-15-8-6-7-14(11-15)12-20-17(18-3)19-9-10-23-4;/h6-8,11,13H,5,9-10,12H2,1-4H3,(H,21,22)(H2,18,19,20);1H. The van der Waals surface area contributed by atoms with Gasteiger partial charge >= 0.3 is 0 Å². The lowest BCUT2D eigenvalue weighted by atomic mass is 10.1. The first-order chi connectivity index (χ1) is 11.1. The predicted octanol–water partition coefficient (Wildman–Crippen LogP) is 2.60. The Morgan fingerprint density at radius 1 is 1.33 bits per heavy atom. The Morgan fingerprint density at radius 2 is 2.08 bits per heavy atom. The van der Waals surface area contributed by atoms with Gasteiger partial charge in [-0.05, 0) is 24.1 Å². The van der Waals surface area contributed by atoms with Gasteiger partial charge in [0.2, 0.25) is 5.91 Å². The fraction of sp³-hybridized carbons (Fsp3) is 0.529. The molecule has 0 bridgehead atoms. The van der Waals surface area contributed by atoms with Crippen molar-refractivity contribution in [1.29, 1.82) is 0 Å². The number of halogens is 1. The van der Waals surface area contributed by atoms with Crippen molar-refractivity contribution in [3.8, 4) is 0 Å². The van der Waals surface area contributed by atoms with Gasteiger partial charge in [0.05, 0.1) is 6.61 Å². The molecule has 0 aromatic heterocycles. The molecule has 0 spiro atoms. The average Bonchev–Trinajstić information content (AvgIpc) is 2.57. The number of anilines is 1. The fourth-order valence-corrected chi connectivity index (χ4v) is 1.89.